The van der Waals surface area contributed by atoms with Gasteiger partial charge in [-0.1, -0.05) is 13.8 Å². The lowest BCUT2D eigenvalue weighted by atomic mass is 10.1. The molecule has 0 aliphatic rings. The first kappa shape index (κ1) is 10.3. The van der Waals surface area contributed by atoms with Crippen LogP contribution < -0.4 is 0 Å². The molecule has 0 aliphatic heterocycles. The van der Waals surface area contributed by atoms with E-state index in [1.165, 1.54) is 6.33 Å². The maximum Gasteiger partial charge on any atom is 0.375 e. The van der Waals surface area contributed by atoms with E-state index in [0.717, 1.165) is 9.36 Å². The fraction of sp³-hybridized carbons (Fsp3) is 0.571. The number of carbonyl (C=O) groups excluding carboxylic acids is 1. The van der Waals surface area contributed by atoms with Gasteiger partial charge >= 0.3 is 6.03 Å². The van der Waals surface area contributed by atoms with Crippen molar-refractivity contribution in [1.82, 2.24) is 40.4 Å². The van der Waals surface area contributed by atoms with Crippen molar-refractivity contribution in [3.05, 3.63) is 12.2 Å². The number of carbonyl (C=O) groups is 1. The zero-order chi connectivity index (χ0) is 11.5. The van der Waals surface area contributed by atoms with Crippen molar-refractivity contribution in [3.63, 3.8) is 0 Å². The van der Waals surface area contributed by atoms with Crippen LogP contribution in [0, 0.1) is 5.92 Å². The van der Waals surface area contributed by atoms with E-state index in [2.05, 4.69) is 31.1 Å². The van der Waals surface area contributed by atoms with Crippen LogP contribution in [-0.2, 0) is 6.42 Å². The normalized spacial score (nSPS) is 10.9. The van der Waals surface area contributed by atoms with Crippen molar-refractivity contribution in [2.24, 2.45) is 5.92 Å². The van der Waals surface area contributed by atoms with Crippen LogP contribution in [0.2, 0.25) is 0 Å². The fourth-order valence-electron chi connectivity index (χ4n) is 1.19. The molecule has 84 valence electrons. The van der Waals surface area contributed by atoms with Gasteiger partial charge in [0, 0.05) is 6.42 Å². The summed E-state index contributed by atoms with van der Waals surface area (Å²) in [6.07, 6.45) is 1.81. The summed E-state index contributed by atoms with van der Waals surface area (Å²) in [7, 11) is 0. The van der Waals surface area contributed by atoms with E-state index in [0.29, 0.717) is 18.2 Å². The van der Waals surface area contributed by atoms with Crippen molar-refractivity contribution in [2.45, 2.75) is 20.3 Å². The van der Waals surface area contributed by atoms with Crippen molar-refractivity contribution in [3.8, 4) is 0 Å². The predicted octanol–water partition coefficient (Wildman–Crippen LogP) is -0.626. The lowest BCUT2D eigenvalue weighted by molar-refractivity contribution is 0.236. The minimum absolute atomic E-state index is 0.353. The van der Waals surface area contributed by atoms with Crippen LogP contribution in [0.3, 0.4) is 0 Å². The topological polar surface area (TPSA) is 104 Å². The van der Waals surface area contributed by atoms with Crippen molar-refractivity contribution in [2.75, 3.05) is 0 Å². The van der Waals surface area contributed by atoms with Crippen LogP contribution in [0.25, 0.3) is 0 Å². The quantitative estimate of drug-likeness (QED) is 0.623. The first-order chi connectivity index (χ1) is 7.68. The molecule has 0 unspecified atom stereocenters. The molecule has 2 aromatic rings. The average Bonchev–Trinajstić information content (AvgIpc) is 2.84. The molecular weight excluding hydrogens is 212 g/mol. The highest BCUT2D eigenvalue weighted by Crippen LogP contribution is 2.03. The van der Waals surface area contributed by atoms with Crippen molar-refractivity contribution in [1.29, 1.82) is 0 Å². The van der Waals surface area contributed by atoms with Gasteiger partial charge in [0.1, 0.15) is 6.33 Å². The first-order valence-corrected chi connectivity index (χ1v) is 4.73. The third kappa shape index (κ3) is 1.92. The van der Waals surface area contributed by atoms with Crippen LogP contribution in [0.1, 0.15) is 19.7 Å². The summed E-state index contributed by atoms with van der Waals surface area (Å²) in [6, 6.07) is -0.495. The number of hydrogen-bond donors (Lipinski definition) is 0. The van der Waals surface area contributed by atoms with Crippen LogP contribution in [0.15, 0.2) is 6.33 Å². The van der Waals surface area contributed by atoms with Gasteiger partial charge in [-0.25, -0.2) is 4.79 Å². The molecule has 9 nitrogen and oxygen atoms in total. The maximum absolute atomic E-state index is 11.8. The average molecular weight is 222 g/mol. The molecule has 0 atom stereocenters. The van der Waals surface area contributed by atoms with E-state index in [4.69, 9.17) is 0 Å². The summed E-state index contributed by atoms with van der Waals surface area (Å²) < 4.78 is 2.07. The molecule has 0 spiro atoms. The Morgan fingerprint density at radius 1 is 1.38 bits per heavy atom. The Balaban J connectivity index is 2.27. The molecule has 0 saturated carbocycles. The van der Waals surface area contributed by atoms with Crippen LogP contribution in [-0.4, -0.2) is 46.4 Å². The van der Waals surface area contributed by atoms with Gasteiger partial charge in [0.15, 0.2) is 5.82 Å². The van der Waals surface area contributed by atoms with Crippen molar-refractivity contribution < 1.29 is 4.79 Å². The molecule has 0 fully saturated rings. The third-order valence-electron chi connectivity index (χ3n) is 1.85. The number of tetrazole rings is 2. The Bertz CT molecular complexity index is 472. The second-order valence-electron chi connectivity index (χ2n) is 3.64. The largest absolute Gasteiger partial charge is 0.375 e. The van der Waals surface area contributed by atoms with Crippen molar-refractivity contribution >= 4 is 6.03 Å². The second-order valence-corrected chi connectivity index (χ2v) is 3.64. The van der Waals surface area contributed by atoms with E-state index in [1.54, 1.807) is 0 Å². The van der Waals surface area contributed by atoms with E-state index >= 15 is 0 Å². The van der Waals surface area contributed by atoms with E-state index < -0.39 is 6.03 Å². The molecule has 2 rings (SSSR count). The molecule has 0 N–H and O–H groups in total. The van der Waals surface area contributed by atoms with Gasteiger partial charge in [-0.2, -0.15) is 0 Å². The van der Waals surface area contributed by atoms with Gasteiger partial charge in [-0.05, 0) is 26.8 Å². The van der Waals surface area contributed by atoms with E-state index in [-0.39, 0.29) is 0 Å². The number of rotatable bonds is 2. The number of aromatic nitrogens is 8. The lowest BCUT2D eigenvalue weighted by Gasteiger charge is -2.03. The van der Waals surface area contributed by atoms with Gasteiger partial charge in [-0.15, -0.1) is 19.6 Å². The Labute approximate surface area is 90.4 Å². The first-order valence-electron chi connectivity index (χ1n) is 4.73. The summed E-state index contributed by atoms with van der Waals surface area (Å²) in [6.45, 7) is 4.03. The predicted molar refractivity (Wildman–Crippen MR) is 50.4 cm³/mol. The Morgan fingerprint density at radius 2 is 2.19 bits per heavy atom. The SMILES string of the molecule is CC(C)Cc1nnnn1C(=O)n1cnnn1. The van der Waals surface area contributed by atoms with Gasteiger partial charge in [0.2, 0.25) is 0 Å². The molecular formula is C7H10N8O. The molecule has 0 radical (unpaired) electrons. The fourth-order valence-corrected chi connectivity index (χ4v) is 1.19. The lowest BCUT2D eigenvalue weighted by Crippen LogP contribution is -2.24. The van der Waals surface area contributed by atoms with Gasteiger partial charge < -0.3 is 0 Å². The summed E-state index contributed by atoms with van der Waals surface area (Å²) in [5.41, 5.74) is 0. The zero-order valence-corrected chi connectivity index (χ0v) is 8.85. The zero-order valence-electron chi connectivity index (χ0n) is 8.85. The molecule has 9 heteroatoms. The monoisotopic (exact) mass is 222 g/mol. The molecule has 2 heterocycles. The van der Waals surface area contributed by atoms with Crippen LogP contribution in [0.4, 0.5) is 4.79 Å². The highest BCUT2D eigenvalue weighted by atomic mass is 16.2. The number of nitrogens with zero attached hydrogens (tertiary/aromatic N) is 8. The summed E-state index contributed by atoms with van der Waals surface area (Å²) in [5.74, 6) is 0.849. The summed E-state index contributed by atoms with van der Waals surface area (Å²) in [4.78, 5) is 11.8. The Hall–Kier alpha value is -2.19. The van der Waals surface area contributed by atoms with Crippen LogP contribution >= 0.6 is 0 Å². The Kier molecular flexibility index (Phi) is 2.66. The molecule has 0 aromatic carbocycles. The second kappa shape index (κ2) is 4.13. The molecule has 0 aliphatic carbocycles. The van der Waals surface area contributed by atoms with Gasteiger partial charge in [-0.3, -0.25) is 0 Å². The highest BCUT2D eigenvalue weighted by Gasteiger charge is 2.17. The maximum atomic E-state index is 11.8. The van der Waals surface area contributed by atoms with Gasteiger partial charge in [0.25, 0.3) is 0 Å². The molecule has 2 aromatic heterocycles. The minimum Gasteiger partial charge on any atom is -0.243 e. The molecule has 16 heavy (non-hydrogen) atoms. The number of hydrogen-bond acceptors (Lipinski definition) is 7. The van der Waals surface area contributed by atoms with Gasteiger partial charge in [0.05, 0.1) is 0 Å². The minimum atomic E-state index is -0.495. The highest BCUT2D eigenvalue weighted by molar-refractivity contribution is 5.77. The molecule has 0 saturated heterocycles. The Morgan fingerprint density at radius 3 is 2.81 bits per heavy atom. The third-order valence-corrected chi connectivity index (χ3v) is 1.85. The van der Waals surface area contributed by atoms with Crippen LogP contribution in [0.5, 0.6) is 0 Å². The summed E-state index contributed by atoms with van der Waals surface area (Å²) >= 11 is 0. The smallest absolute Gasteiger partial charge is 0.243 e. The summed E-state index contributed by atoms with van der Waals surface area (Å²) in [5, 5.41) is 21.1. The molecule has 0 bridgehead atoms. The molecule has 0 amide bonds. The van der Waals surface area contributed by atoms with E-state index in [1.807, 2.05) is 13.8 Å². The standard InChI is InChI=1S/C7H10N8O/c1-5(2)3-6-9-11-13-15(6)7(16)14-4-8-10-12-14/h4-5H,3H2,1-2H3. The van der Waals surface area contributed by atoms with E-state index in [9.17, 15) is 4.79 Å².